The second-order valence-corrected chi connectivity index (χ2v) is 5.95. The van der Waals surface area contributed by atoms with E-state index in [-0.39, 0.29) is 6.04 Å². The molecule has 0 saturated heterocycles. The summed E-state index contributed by atoms with van der Waals surface area (Å²) in [5, 5.41) is 8.50. The van der Waals surface area contributed by atoms with E-state index >= 15 is 0 Å². The molecular formula is C14H17BrClN3. The van der Waals surface area contributed by atoms with Crippen molar-refractivity contribution in [2.45, 2.75) is 26.4 Å². The van der Waals surface area contributed by atoms with E-state index in [1.54, 1.807) is 0 Å². The van der Waals surface area contributed by atoms with Gasteiger partial charge in [-0.05, 0) is 37.1 Å². The minimum atomic E-state index is 0.220. The molecule has 0 aliphatic heterocycles. The summed E-state index contributed by atoms with van der Waals surface area (Å²) < 4.78 is 2.94. The van der Waals surface area contributed by atoms with E-state index in [2.05, 4.69) is 33.3 Å². The minimum absolute atomic E-state index is 0.220. The van der Waals surface area contributed by atoms with E-state index < -0.39 is 0 Å². The highest BCUT2D eigenvalue weighted by molar-refractivity contribution is 9.10. The summed E-state index contributed by atoms with van der Waals surface area (Å²) in [5.41, 5.74) is 2.30. The van der Waals surface area contributed by atoms with Crippen molar-refractivity contribution >= 4 is 27.5 Å². The van der Waals surface area contributed by atoms with Gasteiger partial charge in [-0.3, -0.25) is 4.68 Å². The van der Waals surface area contributed by atoms with Crippen molar-refractivity contribution in [3.63, 3.8) is 0 Å². The van der Waals surface area contributed by atoms with Crippen LogP contribution < -0.4 is 5.32 Å². The minimum Gasteiger partial charge on any atom is -0.308 e. The second-order valence-electron chi connectivity index (χ2n) is 4.62. The Morgan fingerprint density at radius 1 is 1.47 bits per heavy atom. The maximum atomic E-state index is 6.24. The Balaban J connectivity index is 1.88. The summed E-state index contributed by atoms with van der Waals surface area (Å²) in [6.07, 6.45) is 3.91. The predicted octanol–water partition coefficient (Wildman–Crippen LogP) is 3.96. The van der Waals surface area contributed by atoms with E-state index in [1.165, 1.54) is 5.56 Å². The quantitative estimate of drug-likeness (QED) is 0.891. The highest BCUT2D eigenvalue weighted by atomic mass is 79.9. The maximum absolute atomic E-state index is 6.24. The molecule has 0 aliphatic rings. The number of aryl methyl sites for hydroxylation is 1. The van der Waals surface area contributed by atoms with Crippen molar-refractivity contribution < 1.29 is 0 Å². The van der Waals surface area contributed by atoms with Crippen LogP contribution in [0.4, 0.5) is 0 Å². The normalized spacial score (nSPS) is 12.6. The number of rotatable bonds is 5. The van der Waals surface area contributed by atoms with Crippen LogP contribution >= 0.6 is 27.5 Å². The average Bonchev–Trinajstić information content (AvgIpc) is 2.75. The maximum Gasteiger partial charge on any atom is 0.0534 e. The van der Waals surface area contributed by atoms with Crippen LogP contribution in [0.15, 0.2) is 35.1 Å². The Bertz CT molecular complexity index is 553. The molecular weight excluding hydrogens is 326 g/mol. The smallest absolute Gasteiger partial charge is 0.0534 e. The Morgan fingerprint density at radius 3 is 2.89 bits per heavy atom. The molecule has 1 aromatic heterocycles. The zero-order valence-electron chi connectivity index (χ0n) is 11.0. The Labute approximate surface area is 127 Å². The first kappa shape index (κ1) is 14.6. The molecule has 2 aromatic rings. The van der Waals surface area contributed by atoms with Gasteiger partial charge in [0.15, 0.2) is 0 Å². The molecule has 102 valence electrons. The molecule has 19 heavy (non-hydrogen) atoms. The lowest BCUT2D eigenvalue weighted by Gasteiger charge is -2.16. The van der Waals surface area contributed by atoms with E-state index in [4.69, 9.17) is 11.6 Å². The Morgan fingerprint density at radius 2 is 2.26 bits per heavy atom. The van der Waals surface area contributed by atoms with Crippen LogP contribution in [0.5, 0.6) is 0 Å². The summed E-state index contributed by atoms with van der Waals surface area (Å²) in [4.78, 5) is 0. The summed E-state index contributed by atoms with van der Waals surface area (Å²) >= 11 is 9.65. The topological polar surface area (TPSA) is 29.9 Å². The number of hydrogen-bond donors (Lipinski definition) is 1. The van der Waals surface area contributed by atoms with Gasteiger partial charge in [-0.2, -0.15) is 5.10 Å². The molecule has 1 aromatic carbocycles. The SMILES string of the molecule is Cc1cnn(CCNC(C)c2ccc(Br)cc2Cl)c1. The molecule has 1 atom stereocenters. The first-order chi connectivity index (χ1) is 9.06. The monoisotopic (exact) mass is 341 g/mol. The standard InChI is InChI=1S/C14H17BrClN3/c1-10-8-18-19(9-10)6-5-17-11(2)13-4-3-12(15)7-14(13)16/h3-4,7-9,11,17H,5-6H2,1-2H3. The van der Waals surface area contributed by atoms with E-state index in [1.807, 2.05) is 42.2 Å². The van der Waals surface area contributed by atoms with Gasteiger partial charge in [-0.1, -0.05) is 33.6 Å². The van der Waals surface area contributed by atoms with Crippen LogP contribution in [-0.2, 0) is 6.54 Å². The lowest BCUT2D eigenvalue weighted by molar-refractivity contribution is 0.507. The van der Waals surface area contributed by atoms with Gasteiger partial charge in [0.25, 0.3) is 0 Å². The fourth-order valence-corrected chi connectivity index (χ4v) is 2.78. The molecule has 1 heterocycles. The van der Waals surface area contributed by atoms with E-state index in [0.29, 0.717) is 0 Å². The molecule has 0 bridgehead atoms. The molecule has 0 radical (unpaired) electrons. The molecule has 0 saturated carbocycles. The molecule has 2 rings (SSSR count). The number of halogens is 2. The first-order valence-electron chi connectivity index (χ1n) is 6.23. The van der Waals surface area contributed by atoms with Gasteiger partial charge in [0.1, 0.15) is 0 Å². The average molecular weight is 343 g/mol. The zero-order chi connectivity index (χ0) is 13.8. The van der Waals surface area contributed by atoms with Crippen LogP contribution in [-0.4, -0.2) is 16.3 Å². The van der Waals surface area contributed by atoms with Crippen LogP contribution in [0.2, 0.25) is 5.02 Å². The molecule has 1 N–H and O–H groups in total. The lowest BCUT2D eigenvalue weighted by atomic mass is 10.1. The van der Waals surface area contributed by atoms with Gasteiger partial charge in [0, 0.05) is 28.3 Å². The predicted molar refractivity (Wildman–Crippen MR) is 82.5 cm³/mol. The van der Waals surface area contributed by atoms with E-state index in [0.717, 1.165) is 28.1 Å². The van der Waals surface area contributed by atoms with Crippen LogP contribution in [0.1, 0.15) is 24.1 Å². The summed E-state index contributed by atoms with van der Waals surface area (Å²) in [7, 11) is 0. The largest absolute Gasteiger partial charge is 0.308 e. The first-order valence-corrected chi connectivity index (χ1v) is 7.41. The number of aromatic nitrogens is 2. The summed E-state index contributed by atoms with van der Waals surface area (Å²) in [6, 6.07) is 6.20. The van der Waals surface area contributed by atoms with E-state index in [9.17, 15) is 0 Å². The molecule has 5 heteroatoms. The third-order valence-corrected chi connectivity index (χ3v) is 3.80. The number of benzene rings is 1. The number of nitrogens with zero attached hydrogens (tertiary/aromatic N) is 2. The van der Waals surface area contributed by atoms with Gasteiger partial charge in [-0.25, -0.2) is 0 Å². The van der Waals surface area contributed by atoms with Gasteiger partial charge in [0.2, 0.25) is 0 Å². The third kappa shape index (κ3) is 4.06. The van der Waals surface area contributed by atoms with Crippen molar-refractivity contribution in [1.29, 1.82) is 0 Å². The highest BCUT2D eigenvalue weighted by Gasteiger charge is 2.09. The van der Waals surface area contributed by atoms with Crippen molar-refractivity contribution in [3.05, 3.63) is 51.2 Å². The number of nitrogens with one attached hydrogen (secondary N) is 1. The number of hydrogen-bond acceptors (Lipinski definition) is 2. The van der Waals surface area contributed by atoms with Crippen LogP contribution in [0.3, 0.4) is 0 Å². The highest BCUT2D eigenvalue weighted by Crippen LogP contribution is 2.26. The molecule has 3 nitrogen and oxygen atoms in total. The van der Waals surface area contributed by atoms with Crippen LogP contribution in [0, 0.1) is 6.92 Å². The molecule has 0 aliphatic carbocycles. The van der Waals surface area contributed by atoms with Crippen molar-refractivity contribution in [1.82, 2.24) is 15.1 Å². The fraction of sp³-hybridized carbons (Fsp3) is 0.357. The lowest BCUT2D eigenvalue weighted by Crippen LogP contribution is -2.23. The second kappa shape index (κ2) is 6.55. The van der Waals surface area contributed by atoms with Crippen molar-refractivity contribution in [2.75, 3.05) is 6.54 Å². The fourth-order valence-electron chi connectivity index (χ4n) is 1.95. The van der Waals surface area contributed by atoms with Gasteiger partial charge < -0.3 is 5.32 Å². The molecule has 0 fully saturated rings. The molecule has 0 spiro atoms. The van der Waals surface area contributed by atoms with Gasteiger partial charge >= 0.3 is 0 Å². The Hall–Kier alpha value is -0.840. The Kier molecular flexibility index (Phi) is 5.02. The molecule has 0 amide bonds. The summed E-state index contributed by atoms with van der Waals surface area (Å²) in [5.74, 6) is 0. The van der Waals surface area contributed by atoms with Gasteiger partial charge in [-0.15, -0.1) is 0 Å². The third-order valence-electron chi connectivity index (χ3n) is 2.98. The van der Waals surface area contributed by atoms with Gasteiger partial charge in [0.05, 0.1) is 12.7 Å². The van der Waals surface area contributed by atoms with Crippen molar-refractivity contribution in [3.8, 4) is 0 Å². The molecule has 1 unspecified atom stereocenters. The zero-order valence-corrected chi connectivity index (χ0v) is 13.4. The van der Waals surface area contributed by atoms with Crippen LogP contribution in [0.25, 0.3) is 0 Å². The van der Waals surface area contributed by atoms with Crippen molar-refractivity contribution in [2.24, 2.45) is 0 Å². The summed E-state index contributed by atoms with van der Waals surface area (Å²) in [6.45, 7) is 5.87.